The van der Waals surface area contributed by atoms with Gasteiger partial charge in [0.1, 0.15) is 0 Å². The number of likely N-dealkylation sites (N-methyl/N-ethyl adjacent to an activating group) is 2. The number of rotatable bonds is 0. The zero-order chi connectivity index (χ0) is 42.2. The van der Waals surface area contributed by atoms with E-state index in [0.29, 0.717) is 47.3 Å². The van der Waals surface area contributed by atoms with E-state index in [1.165, 1.54) is 26.2 Å². The highest BCUT2D eigenvalue weighted by molar-refractivity contribution is 6.65. The van der Waals surface area contributed by atoms with Crippen molar-refractivity contribution >= 4 is 146 Å². The van der Waals surface area contributed by atoms with Gasteiger partial charge in [-0.05, 0) is 263 Å². The number of benzene rings is 10. The van der Waals surface area contributed by atoms with Crippen LogP contribution in [0.25, 0.3) is 157 Å². The van der Waals surface area contributed by atoms with E-state index in [0.717, 1.165) is 8.97 Å². The minimum atomic E-state index is -0.00428. The molecule has 1 saturated carbocycles. The Bertz CT molecular complexity index is 6140. The van der Waals surface area contributed by atoms with Gasteiger partial charge < -0.3 is 56.9 Å². The van der Waals surface area contributed by atoms with E-state index in [4.69, 9.17) is 0 Å². The standard InChI is InChI=1S/C68H28N2.2HI/c1-69(2)5-65-57-41-25-13-11-9-10-12-14-16-21-31-19(12)29(17(9)25)45(57)47(31)59-49-33(21)24-28(16)44-42-26(14)18(10)30-20(11)32-22-15(13)27-23-34(22)50-54-38-35(23)51(61(65)43(27)41)55-39(38)40-37(53(49)63(55)67(59,65)7-69)36(24)52-56(40)64(54)68-8-70(3,4)6-66(68,62(44)52)58(42)46(30)48(32)60(50)68;;/h27,39-40,43,45,48,57,60H,5-8H2,1-4H3;2*1H/q+2;;/p-2. The molecular weight excluding hydrogens is 1100 g/mol. The van der Waals surface area contributed by atoms with Gasteiger partial charge in [0.15, 0.2) is 0 Å². The fourth-order valence-corrected chi connectivity index (χ4v) is 31.2. The van der Waals surface area contributed by atoms with Crippen LogP contribution in [0.2, 0.25) is 0 Å². The van der Waals surface area contributed by atoms with Gasteiger partial charge in [-0.3, -0.25) is 0 Å². The molecule has 2 aliphatic heterocycles. The summed E-state index contributed by atoms with van der Waals surface area (Å²) in [7, 11) is 10.9. The second-order valence-electron chi connectivity index (χ2n) is 30.6. The maximum absolute atomic E-state index is 2.73. The van der Waals surface area contributed by atoms with Crippen molar-refractivity contribution in [3.05, 3.63) is 105 Å². The molecule has 0 radical (unpaired) electrons. The van der Waals surface area contributed by atoms with Crippen molar-refractivity contribution in [1.82, 2.24) is 0 Å². The van der Waals surface area contributed by atoms with E-state index < -0.39 is 0 Å². The van der Waals surface area contributed by atoms with Crippen molar-refractivity contribution in [2.45, 2.75) is 46.3 Å². The Kier molecular flexibility index (Phi) is 2.94. The van der Waals surface area contributed by atoms with Crippen LogP contribution in [0.4, 0.5) is 0 Å². The second kappa shape index (κ2) is 6.80. The third kappa shape index (κ3) is 1.63. The fraction of sp³-hybridized carbons (Fsp3) is 0.294. The van der Waals surface area contributed by atoms with E-state index in [2.05, 4.69) is 33.8 Å². The number of hydrogen-bond acceptors (Lipinski definition) is 0. The third-order valence-corrected chi connectivity index (χ3v) is 29.6. The molecule has 2 heterocycles. The van der Waals surface area contributed by atoms with Crippen molar-refractivity contribution in [2.24, 2.45) is 22.7 Å². The highest BCUT2D eigenvalue weighted by atomic mass is 127. The number of quaternary nitrogens is 2. The lowest BCUT2D eigenvalue weighted by Crippen LogP contribution is -3.00. The molecule has 13 aromatic carbocycles. The van der Waals surface area contributed by atoms with E-state index in [-0.39, 0.29) is 69.6 Å². The molecule has 0 aromatic heterocycles. The Hall–Kier alpha value is -4.86. The van der Waals surface area contributed by atoms with Crippen molar-refractivity contribution < 1.29 is 56.9 Å². The molecular formula is C68H28I2N2. The molecule has 12 atom stereocenters. The molecule has 4 spiro atoms. The van der Waals surface area contributed by atoms with E-state index in [1.54, 1.807) is 59.2 Å². The molecule has 19 aliphatic carbocycles. The first-order valence-corrected chi connectivity index (χ1v) is 27.9. The molecule has 4 heteroatoms. The number of likely N-dealkylation sites (tertiary alicyclic amines) is 2. The average molecular weight is 1130 g/mol. The van der Waals surface area contributed by atoms with Gasteiger partial charge >= 0.3 is 0 Å². The lowest BCUT2D eigenvalue weighted by Gasteiger charge is -2.56. The predicted octanol–water partition coefficient (Wildman–Crippen LogP) is 5.70. The van der Waals surface area contributed by atoms with Crippen LogP contribution in [0.1, 0.15) is 125 Å². The molecule has 324 valence electrons. The van der Waals surface area contributed by atoms with Crippen LogP contribution in [0.15, 0.2) is 11.1 Å². The van der Waals surface area contributed by atoms with Crippen molar-refractivity contribution in [3.8, 4) is 11.1 Å². The summed E-state index contributed by atoms with van der Waals surface area (Å²) in [5, 5.41) is 41.6. The first-order chi connectivity index (χ1) is 34.3. The molecule has 12 unspecified atom stereocenters. The Labute approximate surface area is 439 Å². The smallest absolute Gasteiger partial charge is 0.0934 e. The van der Waals surface area contributed by atoms with Gasteiger partial charge in [-0.1, -0.05) is 0 Å². The summed E-state index contributed by atoms with van der Waals surface area (Å²) in [6.45, 7) is 5.17. The topological polar surface area (TPSA) is 0 Å². The summed E-state index contributed by atoms with van der Waals surface area (Å²) in [6, 6.07) is 0. The van der Waals surface area contributed by atoms with Crippen LogP contribution in [0.5, 0.6) is 0 Å². The van der Waals surface area contributed by atoms with Gasteiger partial charge in [0.2, 0.25) is 0 Å². The maximum atomic E-state index is 2.73. The molecule has 34 rings (SSSR count). The van der Waals surface area contributed by atoms with Crippen molar-refractivity contribution in [1.29, 1.82) is 0 Å². The van der Waals surface area contributed by atoms with E-state index in [9.17, 15) is 0 Å². The van der Waals surface area contributed by atoms with Crippen LogP contribution in [0.3, 0.4) is 0 Å². The summed E-state index contributed by atoms with van der Waals surface area (Å²) in [4.78, 5) is 0. The molecule has 3 fully saturated rings. The first kappa shape index (κ1) is 31.1. The Morgan fingerprint density at radius 2 is 0.875 bits per heavy atom. The quantitative estimate of drug-likeness (QED) is 0.104. The molecule has 72 heavy (non-hydrogen) atoms. The van der Waals surface area contributed by atoms with Crippen LogP contribution in [0, 0.1) is 22.7 Å². The number of allylic oxidation sites excluding steroid dienone is 3. The molecule has 13 aromatic rings. The summed E-state index contributed by atoms with van der Waals surface area (Å²) in [6.07, 6.45) is 0. The predicted molar refractivity (Wildman–Crippen MR) is 274 cm³/mol. The lowest BCUT2D eigenvalue weighted by molar-refractivity contribution is -0.881. The number of nitrogens with zero attached hydrogens (tertiary/aromatic N) is 2. The summed E-state index contributed by atoms with van der Waals surface area (Å²) in [5.74, 6) is 4.08. The zero-order valence-electron chi connectivity index (χ0n) is 39.1. The third-order valence-electron chi connectivity index (χ3n) is 29.6. The normalized spacial score (nSPS) is 40.6. The lowest BCUT2D eigenvalue weighted by atomic mass is 9.42. The Morgan fingerprint density at radius 1 is 0.333 bits per heavy atom. The first-order valence-electron chi connectivity index (χ1n) is 27.9. The average Bonchev–Trinajstić information content (AvgIpc) is 4.31. The molecule has 0 amide bonds. The number of halogens is 2. The highest BCUT2D eigenvalue weighted by Gasteiger charge is 2.89. The van der Waals surface area contributed by atoms with Gasteiger partial charge in [-0.15, -0.1) is 0 Å². The van der Waals surface area contributed by atoms with E-state index >= 15 is 0 Å². The van der Waals surface area contributed by atoms with Gasteiger partial charge in [-0.25, -0.2) is 0 Å². The maximum Gasteiger partial charge on any atom is 0.0934 e. The van der Waals surface area contributed by atoms with Gasteiger partial charge in [0.25, 0.3) is 0 Å². The molecule has 0 bridgehead atoms. The van der Waals surface area contributed by atoms with Crippen LogP contribution >= 0.6 is 0 Å². The van der Waals surface area contributed by atoms with Crippen molar-refractivity contribution in [3.63, 3.8) is 0 Å². The van der Waals surface area contributed by atoms with Gasteiger partial charge in [0, 0.05) is 47.3 Å². The molecule has 2 nitrogen and oxygen atoms in total. The Balaban J connectivity index is 0.00000163. The van der Waals surface area contributed by atoms with Gasteiger partial charge in [-0.2, -0.15) is 0 Å². The monoisotopic (exact) mass is 1130 g/mol. The summed E-state index contributed by atoms with van der Waals surface area (Å²) in [5.41, 5.74) is 48.6. The van der Waals surface area contributed by atoms with E-state index in [1.807, 2.05) is 198 Å². The summed E-state index contributed by atoms with van der Waals surface area (Å²) >= 11 is 0. The Morgan fingerprint density at radius 3 is 1.68 bits per heavy atom. The minimum absolute atomic E-state index is 0. The summed E-state index contributed by atoms with van der Waals surface area (Å²) < 4.78 is 2.31. The highest BCUT2D eigenvalue weighted by Crippen LogP contribution is 2.97. The van der Waals surface area contributed by atoms with Gasteiger partial charge in [0.05, 0.1) is 76.0 Å². The molecule has 21 aliphatic rings. The molecule has 2 saturated heterocycles. The largest absolute Gasteiger partial charge is 1.00 e. The van der Waals surface area contributed by atoms with Crippen LogP contribution < -0.4 is 53.2 Å². The number of hydrogen-bond donors (Lipinski definition) is 0. The SMILES string of the molecule is C[N+]1(C)CC23C4=C5C6=C7C8C9=c%10c%11c%12c%13c%14c%15c%16c%17c%18c%19c%20c%21c%22c%23c(c4c4c2c2c%24c%25c(c%10c(c%11%15)c%10c%16c%19c(c%25%10)c%10c%20c%23c4c%24%10)C2C9C73C1)C1C%22=C2c3c(c6c(c-%13c3C(C%14%17)C23C[N+](C)(C)CC%21%183)C%128)C51.[I-].[I-]. The second-order valence-corrected chi connectivity index (χ2v) is 30.6. The zero-order valence-corrected chi connectivity index (χ0v) is 43.4. The van der Waals surface area contributed by atoms with Crippen LogP contribution in [-0.4, -0.2) is 63.3 Å². The van der Waals surface area contributed by atoms with Crippen molar-refractivity contribution in [2.75, 3.05) is 54.4 Å². The van der Waals surface area contributed by atoms with Crippen LogP contribution in [-0.2, 0) is 10.8 Å². The fourth-order valence-electron chi connectivity index (χ4n) is 31.2. The molecule has 0 N–H and O–H groups in total. The minimum Gasteiger partial charge on any atom is -1.00 e.